The van der Waals surface area contributed by atoms with Gasteiger partial charge >= 0.3 is 0 Å². The lowest BCUT2D eigenvalue weighted by Crippen LogP contribution is -2.02. The van der Waals surface area contributed by atoms with E-state index in [9.17, 15) is 4.79 Å². The number of aromatic amines is 1. The highest BCUT2D eigenvalue weighted by Crippen LogP contribution is 2.23. The molecule has 84 valence electrons. The largest absolute Gasteiger partial charge is 0.334 e. The summed E-state index contributed by atoms with van der Waals surface area (Å²) in [5, 5.41) is 3.50. The molecule has 1 atom stereocenters. The smallest absolute Gasteiger partial charge is 0.258 e. The van der Waals surface area contributed by atoms with Gasteiger partial charge in [-0.3, -0.25) is 4.79 Å². The Labute approximate surface area is 96.5 Å². The molecule has 2 aromatic rings. The van der Waals surface area contributed by atoms with Crippen LogP contribution in [0.3, 0.4) is 0 Å². The Morgan fingerprint density at radius 3 is 3.12 bits per heavy atom. The van der Waals surface area contributed by atoms with Gasteiger partial charge in [0.15, 0.2) is 5.82 Å². The van der Waals surface area contributed by atoms with Crippen LogP contribution >= 0.6 is 11.6 Å². The van der Waals surface area contributed by atoms with E-state index in [1.165, 1.54) is 12.3 Å². The number of nitrogens with zero attached hydrogens (tertiary/aromatic N) is 2. The molecule has 1 unspecified atom stereocenters. The van der Waals surface area contributed by atoms with Gasteiger partial charge in [-0.05, 0) is 12.5 Å². The topological polar surface area (TPSA) is 71.8 Å². The number of H-pyrrole nitrogens is 1. The highest BCUT2D eigenvalue weighted by molar-refractivity contribution is 6.20. The van der Waals surface area contributed by atoms with Gasteiger partial charge in [-0.15, -0.1) is 11.6 Å². The number of aromatic nitrogens is 3. The number of pyridine rings is 1. The van der Waals surface area contributed by atoms with Crippen LogP contribution in [0.1, 0.15) is 24.5 Å². The summed E-state index contributed by atoms with van der Waals surface area (Å²) < 4.78 is 5.03. The first-order valence-electron chi connectivity index (χ1n) is 4.87. The van der Waals surface area contributed by atoms with Gasteiger partial charge < -0.3 is 9.51 Å². The molecule has 0 bridgehead atoms. The second-order valence-electron chi connectivity index (χ2n) is 3.28. The maximum Gasteiger partial charge on any atom is 0.258 e. The van der Waals surface area contributed by atoms with Crippen molar-refractivity contribution in [3.8, 4) is 11.5 Å². The van der Waals surface area contributed by atoms with Crippen LogP contribution in [0.4, 0.5) is 0 Å². The van der Waals surface area contributed by atoms with Crippen molar-refractivity contribution >= 4 is 11.6 Å². The van der Waals surface area contributed by atoms with E-state index < -0.39 is 0 Å². The molecule has 0 fully saturated rings. The number of halogens is 1. The molecular formula is C10H10ClN3O2. The van der Waals surface area contributed by atoms with Crippen molar-refractivity contribution in [1.29, 1.82) is 0 Å². The minimum atomic E-state index is -0.264. The summed E-state index contributed by atoms with van der Waals surface area (Å²) in [7, 11) is 0. The molecule has 0 radical (unpaired) electrons. The first-order chi connectivity index (χ1) is 7.70. The Hall–Kier alpha value is -1.62. The van der Waals surface area contributed by atoms with Gasteiger partial charge in [0.2, 0.25) is 5.56 Å². The molecule has 2 heterocycles. The third kappa shape index (κ3) is 2.14. The van der Waals surface area contributed by atoms with Crippen LogP contribution in [0, 0.1) is 0 Å². The number of hydrogen-bond donors (Lipinski definition) is 1. The van der Waals surface area contributed by atoms with E-state index in [0.29, 0.717) is 17.3 Å². The van der Waals surface area contributed by atoms with E-state index in [1.807, 2.05) is 6.92 Å². The van der Waals surface area contributed by atoms with Gasteiger partial charge in [0.05, 0.1) is 5.38 Å². The summed E-state index contributed by atoms with van der Waals surface area (Å²) in [6, 6.07) is 3.08. The normalized spacial score (nSPS) is 12.6. The van der Waals surface area contributed by atoms with Crippen LogP contribution in [-0.4, -0.2) is 15.1 Å². The van der Waals surface area contributed by atoms with Crippen molar-refractivity contribution in [3.63, 3.8) is 0 Å². The highest BCUT2D eigenvalue weighted by Gasteiger charge is 2.14. The van der Waals surface area contributed by atoms with Crippen molar-refractivity contribution in [2.75, 3.05) is 0 Å². The summed E-state index contributed by atoms with van der Waals surface area (Å²) in [6.07, 6.45) is 2.25. The monoisotopic (exact) mass is 239 g/mol. The maximum atomic E-state index is 11.1. The molecule has 1 N–H and O–H groups in total. The van der Waals surface area contributed by atoms with E-state index in [0.717, 1.165) is 6.42 Å². The Morgan fingerprint density at radius 1 is 1.62 bits per heavy atom. The van der Waals surface area contributed by atoms with Crippen LogP contribution in [0.25, 0.3) is 11.5 Å². The highest BCUT2D eigenvalue weighted by atomic mass is 35.5. The summed E-state index contributed by atoms with van der Waals surface area (Å²) in [4.78, 5) is 17.7. The van der Waals surface area contributed by atoms with E-state index in [1.54, 1.807) is 6.07 Å². The van der Waals surface area contributed by atoms with Crippen molar-refractivity contribution < 1.29 is 4.52 Å². The molecular weight excluding hydrogens is 230 g/mol. The minimum absolute atomic E-state index is 0.213. The number of alkyl halides is 1. The maximum absolute atomic E-state index is 11.1. The molecule has 0 aliphatic rings. The van der Waals surface area contributed by atoms with Crippen LogP contribution in [0.15, 0.2) is 27.6 Å². The van der Waals surface area contributed by atoms with Crippen molar-refractivity contribution in [2.24, 2.45) is 0 Å². The Balaban J connectivity index is 2.35. The molecule has 0 aliphatic heterocycles. The Bertz CT molecular complexity index is 535. The first kappa shape index (κ1) is 10.9. The standard InChI is InChI=1S/C10H10ClN3O2/c1-2-7(11)9-13-10(16-14-9)6-3-4-12-8(15)5-6/h3-5,7H,2H2,1H3,(H,12,15). The quantitative estimate of drug-likeness (QED) is 0.833. The van der Waals surface area contributed by atoms with Crippen LogP contribution in [0.2, 0.25) is 0 Å². The zero-order chi connectivity index (χ0) is 11.5. The molecule has 6 heteroatoms. The molecule has 0 aromatic carbocycles. The van der Waals surface area contributed by atoms with Gasteiger partial charge in [-0.2, -0.15) is 4.98 Å². The molecule has 0 amide bonds. The fourth-order valence-corrected chi connectivity index (χ4v) is 1.33. The molecule has 0 saturated carbocycles. The van der Waals surface area contributed by atoms with Gasteiger partial charge in [-0.1, -0.05) is 12.1 Å². The number of rotatable bonds is 3. The predicted octanol–water partition coefficient (Wildman–Crippen LogP) is 2.11. The summed E-state index contributed by atoms with van der Waals surface area (Å²) in [5.74, 6) is 0.750. The van der Waals surface area contributed by atoms with E-state index in [2.05, 4.69) is 15.1 Å². The lowest BCUT2D eigenvalue weighted by Gasteiger charge is -1.96. The second kappa shape index (κ2) is 4.49. The summed E-state index contributed by atoms with van der Waals surface area (Å²) in [5.41, 5.74) is 0.373. The lowest BCUT2D eigenvalue weighted by atomic mass is 10.2. The first-order valence-corrected chi connectivity index (χ1v) is 5.31. The summed E-state index contributed by atoms with van der Waals surface area (Å²) >= 11 is 5.97. The van der Waals surface area contributed by atoms with Gasteiger partial charge in [0.1, 0.15) is 0 Å². The van der Waals surface area contributed by atoms with Crippen LogP contribution in [0.5, 0.6) is 0 Å². The van der Waals surface area contributed by atoms with Crippen molar-refractivity contribution in [1.82, 2.24) is 15.1 Å². The van der Waals surface area contributed by atoms with E-state index in [-0.39, 0.29) is 10.9 Å². The number of nitrogens with one attached hydrogen (secondary N) is 1. The molecule has 0 saturated heterocycles. The Kier molecular flexibility index (Phi) is 3.05. The average Bonchev–Trinajstić information content (AvgIpc) is 2.77. The lowest BCUT2D eigenvalue weighted by molar-refractivity contribution is 0.421. The molecule has 16 heavy (non-hydrogen) atoms. The average molecular weight is 240 g/mol. The third-order valence-corrected chi connectivity index (χ3v) is 2.61. The number of hydrogen-bond acceptors (Lipinski definition) is 4. The van der Waals surface area contributed by atoms with E-state index >= 15 is 0 Å². The van der Waals surface area contributed by atoms with Gasteiger partial charge in [0, 0.05) is 17.8 Å². The SMILES string of the molecule is CCC(Cl)c1noc(-c2cc[nH]c(=O)c2)n1. The van der Waals surface area contributed by atoms with Gasteiger partial charge in [-0.25, -0.2) is 0 Å². The predicted molar refractivity (Wildman–Crippen MR) is 59.2 cm³/mol. The molecule has 0 spiro atoms. The zero-order valence-corrected chi connectivity index (χ0v) is 9.36. The summed E-state index contributed by atoms with van der Waals surface area (Å²) in [6.45, 7) is 1.93. The molecule has 2 rings (SSSR count). The van der Waals surface area contributed by atoms with Crippen LogP contribution < -0.4 is 5.56 Å². The van der Waals surface area contributed by atoms with Crippen molar-refractivity contribution in [2.45, 2.75) is 18.7 Å². The zero-order valence-electron chi connectivity index (χ0n) is 8.61. The van der Waals surface area contributed by atoms with Gasteiger partial charge in [0.25, 0.3) is 5.89 Å². The minimum Gasteiger partial charge on any atom is -0.334 e. The second-order valence-corrected chi connectivity index (χ2v) is 3.80. The molecule has 5 nitrogen and oxygen atoms in total. The van der Waals surface area contributed by atoms with E-state index in [4.69, 9.17) is 16.1 Å². The molecule has 2 aromatic heterocycles. The fourth-order valence-electron chi connectivity index (χ4n) is 1.24. The molecule has 0 aliphatic carbocycles. The fraction of sp³-hybridized carbons (Fsp3) is 0.300. The van der Waals surface area contributed by atoms with Crippen LogP contribution in [-0.2, 0) is 0 Å². The third-order valence-electron chi connectivity index (χ3n) is 2.10. The Morgan fingerprint density at radius 2 is 2.44 bits per heavy atom. The van der Waals surface area contributed by atoms with Crippen molar-refractivity contribution in [3.05, 3.63) is 34.5 Å².